The second kappa shape index (κ2) is 32.3. The predicted molar refractivity (Wildman–Crippen MR) is 182 cm³/mol. The third-order valence-electron chi connectivity index (χ3n) is 7.67. The molecule has 0 fully saturated rings. The van der Waals surface area contributed by atoms with Crippen molar-refractivity contribution >= 4 is 19.8 Å². The van der Waals surface area contributed by atoms with Crippen LogP contribution in [0.1, 0.15) is 162 Å². The Kier molecular flexibility index (Phi) is 31.4. The second-order valence-electron chi connectivity index (χ2n) is 12.3. The van der Waals surface area contributed by atoms with E-state index in [1.54, 1.807) is 0 Å². The third kappa shape index (κ3) is 31.3. The van der Waals surface area contributed by atoms with Crippen molar-refractivity contribution in [3.63, 3.8) is 0 Å². The van der Waals surface area contributed by atoms with E-state index in [9.17, 15) is 24.2 Å². The van der Waals surface area contributed by atoms with Gasteiger partial charge in [-0.3, -0.25) is 18.6 Å². The Hall–Kier alpha value is -1.29. The quantitative estimate of drug-likeness (QED) is 0.0262. The van der Waals surface area contributed by atoms with Gasteiger partial charge in [0, 0.05) is 12.8 Å². The Bertz CT molecular complexity index is 791. The van der Waals surface area contributed by atoms with Crippen LogP contribution in [0.25, 0.3) is 0 Å². The maximum absolute atomic E-state index is 12.5. The molecular formula is C35H67O10P. The first kappa shape index (κ1) is 44.7. The highest BCUT2D eigenvalue weighted by molar-refractivity contribution is 7.47. The number of esters is 2. The molecule has 0 aliphatic heterocycles. The van der Waals surface area contributed by atoms with Crippen molar-refractivity contribution in [1.29, 1.82) is 0 Å². The molecule has 0 heterocycles. The van der Waals surface area contributed by atoms with E-state index in [1.807, 2.05) is 0 Å². The fourth-order valence-corrected chi connectivity index (χ4v) is 5.59. The van der Waals surface area contributed by atoms with Crippen LogP contribution in [0.2, 0.25) is 0 Å². The van der Waals surface area contributed by atoms with Gasteiger partial charge in [0.2, 0.25) is 0 Å². The molecule has 0 aromatic carbocycles. The van der Waals surface area contributed by atoms with Gasteiger partial charge < -0.3 is 24.6 Å². The zero-order chi connectivity index (χ0) is 34.1. The monoisotopic (exact) mass is 678 g/mol. The number of hydrogen-bond acceptors (Lipinski definition) is 9. The molecule has 46 heavy (non-hydrogen) atoms. The molecule has 10 nitrogen and oxygen atoms in total. The molecule has 3 atom stereocenters. The predicted octanol–water partition coefficient (Wildman–Crippen LogP) is 8.50. The van der Waals surface area contributed by atoms with E-state index in [-0.39, 0.29) is 19.4 Å². The van der Waals surface area contributed by atoms with E-state index < -0.39 is 51.8 Å². The number of allylic oxidation sites excluding steroid dienone is 2. The van der Waals surface area contributed by atoms with Gasteiger partial charge in [0.15, 0.2) is 6.10 Å². The molecular weight excluding hydrogens is 611 g/mol. The third-order valence-corrected chi connectivity index (χ3v) is 8.62. The Labute approximate surface area is 279 Å². The minimum atomic E-state index is -4.60. The highest BCUT2D eigenvalue weighted by Gasteiger charge is 2.27. The van der Waals surface area contributed by atoms with Crippen molar-refractivity contribution in [2.24, 2.45) is 0 Å². The minimum Gasteiger partial charge on any atom is -0.462 e. The van der Waals surface area contributed by atoms with Gasteiger partial charge in [0.25, 0.3) is 0 Å². The molecule has 0 saturated carbocycles. The first-order chi connectivity index (χ1) is 22.2. The summed E-state index contributed by atoms with van der Waals surface area (Å²) in [6, 6.07) is 0. The topological polar surface area (TPSA) is 149 Å². The lowest BCUT2D eigenvalue weighted by molar-refractivity contribution is -0.161. The molecule has 0 aromatic heterocycles. The summed E-state index contributed by atoms with van der Waals surface area (Å²) in [5.74, 6) is -0.934. The normalized spacial score (nSPS) is 14.3. The van der Waals surface area contributed by atoms with Crippen LogP contribution in [0.5, 0.6) is 0 Å². The van der Waals surface area contributed by atoms with Gasteiger partial charge >= 0.3 is 19.8 Å². The second-order valence-corrected chi connectivity index (χ2v) is 13.7. The van der Waals surface area contributed by atoms with Crippen LogP contribution in [0.3, 0.4) is 0 Å². The number of hydrogen-bond donors (Lipinski definition) is 3. The van der Waals surface area contributed by atoms with Gasteiger partial charge in [-0.05, 0) is 32.1 Å². The number of rotatable bonds is 34. The van der Waals surface area contributed by atoms with Gasteiger partial charge in [-0.25, -0.2) is 4.57 Å². The SMILES string of the molecule is CCCC/C=C\CCCCCCCC(=O)OC[C@H](COP(=O)(O)OC[C@@H](O)CO)OC(=O)CCCCCCCCCCCCCC. The van der Waals surface area contributed by atoms with Crippen molar-refractivity contribution in [2.75, 3.05) is 26.4 Å². The molecule has 3 N–H and O–H groups in total. The van der Waals surface area contributed by atoms with Crippen molar-refractivity contribution in [3.8, 4) is 0 Å². The molecule has 0 aliphatic carbocycles. The first-order valence-corrected chi connectivity index (χ1v) is 19.6. The van der Waals surface area contributed by atoms with Crippen LogP contribution in [0, 0.1) is 0 Å². The largest absolute Gasteiger partial charge is 0.472 e. The molecule has 0 aromatic rings. The van der Waals surface area contributed by atoms with E-state index in [1.165, 1.54) is 64.2 Å². The summed E-state index contributed by atoms with van der Waals surface area (Å²) in [6.07, 6.45) is 26.1. The zero-order valence-corrected chi connectivity index (χ0v) is 29.9. The lowest BCUT2D eigenvalue weighted by atomic mass is 10.0. The summed E-state index contributed by atoms with van der Waals surface area (Å²) < 4.78 is 32.5. The van der Waals surface area contributed by atoms with Crippen LogP contribution in [0.4, 0.5) is 0 Å². The summed E-state index contributed by atoms with van der Waals surface area (Å²) in [7, 11) is -4.60. The molecule has 272 valence electrons. The van der Waals surface area contributed by atoms with Crippen LogP contribution in [0.15, 0.2) is 12.2 Å². The minimum absolute atomic E-state index is 0.187. The van der Waals surface area contributed by atoms with Gasteiger partial charge in [0.05, 0.1) is 19.8 Å². The van der Waals surface area contributed by atoms with Crippen molar-refractivity contribution < 1.29 is 47.8 Å². The Morgan fingerprint density at radius 3 is 1.63 bits per heavy atom. The molecule has 0 saturated heterocycles. The fourth-order valence-electron chi connectivity index (χ4n) is 4.80. The highest BCUT2D eigenvalue weighted by Crippen LogP contribution is 2.43. The average molecular weight is 679 g/mol. The van der Waals surface area contributed by atoms with E-state index in [0.29, 0.717) is 12.8 Å². The van der Waals surface area contributed by atoms with Crippen LogP contribution in [-0.4, -0.2) is 65.7 Å². The summed E-state index contributed by atoms with van der Waals surface area (Å²) in [5.41, 5.74) is 0. The fraction of sp³-hybridized carbons (Fsp3) is 0.886. The maximum Gasteiger partial charge on any atom is 0.472 e. The molecule has 1 unspecified atom stereocenters. The standard InChI is InChI=1S/C35H67O10P/c1-3-5-7-9-11-13-15-17-19-21-23-25-27-35(39)45-33(31-44-46(40,41)43-29-32(37)28-36)30-42-34(38)26-24-22-20-18-16-14-12-10-8-6-4-2/h10,12,32-33,36-37H,3-9,11,13-31H2,1-2H3,(H,40,41)/b12-10-/t32-,33+/m0/s1. The summed E-state index contributed by atoms with van der Waals surface area (Å²) >= 11 is 0. The number of aliphatic hydroxyl groups excluding tert-OH is 2. The molecule has 0 amide bonds. The number of aliphatic hydroxyl groups is 2. The first-order valence-electron chi connectivity index (χ1n) is 18.1. The van der Waals surface area contributed by atoms with Crippen LogP contribution >= 0.6 is 7.82 Å². The van der Waals surface area contributed by atoms with Crippen molar-refractivity contribution in [1.82, 2.24) is 0 Å². The van der Waals surface area contributed by atoms with Gasteiger partial charge in [-0.2, -0.15) is 0 Å². The smallest absolute Gasteiger partial charge is 0.462 e. The highest BCUT2D eigenvalue weighted by atomic mass is 31.2. The summed E-state index contributed by atoms with van der Waals surface area (Å²) in [6.45, 7) is 2.31. The van der Waals surface area contributed by atoms with Crippen molar-refractivity contribution in [3.05, 3.63) is 12.2 Å². The number of carbonyl (C=O) groups excluding carboxylic acids is 2. The van der Waals surface area contributed by atoms with Gasteiger partial charge in [-0.1, -0.05) is 129 Å². The molecule has 0 rings (SSSR count). The number of phosphoric ester groups is 1. The number of phosphoric acid groups is 1. The van der Waals surface area contributed by atoms with E-state index in [0.717, 1.165) is 57.8 Å². The number of ether oxygens (including phenoxy) is 2. The number of unbranched alkanes of at least 4 members (excludes halogenated alkanes) is 18. The van der Waals surface area contributed by atoms with E-state index >= 15 is 0 Å². The molecule has 11 heteroatoms. The lowest BCUT2D eigenvalue weighted by Gasteiger charge is -2.20. The Balaban J connectivity index is 4.40. The molecule has 0 aliphatic rings. The van der Waals surface area contributed by atoms with E-state index in [4.69, 9.17) is 19.1 Å². The summed E-state index contributed by atoms with van der Waals surface area (Å²) in [4.78, 5) is 34.7. The van der Waals surface area contributed by atoms with Crippen LogP contribution < -0.4 is 0 Å². The van der Waals surface area contributed by atoms with E-state index in [2.05, 4.69) is 30.5 Å². The Morgan fingerprint density at radius 2 is 1.09 bits per heavy atom. The molecule has 0 radical (unpaired) electrons. The van der Waals surface area contributed by atoms with Gasteiger partial charge in [-0.15, -0.1) is 0 Å². The molecule has 0 bridgehead atoms. The Morgan fingerprint density at radius 1 is 0.630 bits per heavy atom. The lowest BCUT2D eigenvalue weighted by Crippen LogP contribution is -2.29. The van der Waals surface area contributed by atoms with Gasteiger partial charge in [0.1, 0.15) is 12.7 Å². The molecule has 0 spiro atoms. The van der Waals surface area contributed by atoms with Crippen molar-refractivity contribution in [2.45, 2.75) is 174 Å². The summed E-state index contributed by atoms with van der Waals surface area (Å²) in [5, 5.41) is 18.2. The average Bonchev–Trinajstić information content (AvgIpc) is 3.04. The zero-order valence-electron chi connectivity index (χ0n) is 29.0. The number of carbonyl (C=O) groups is 2. The van der Waals surface area contributed by atoms with Crippen LogP contribution in [-0.2, 0) is 32.7 Å². The maximum atomic E-state index is 12.5.